The van der Waals surface area contributed by atoms with E-state index < -0.39 is 17.2 Å². The van der Waals surface area contributed by atoms with Gasteiger partial charge in [0.15, 0.2) is 11.6 Å². The quantitative estimate of drug-likeness (QED) is 0.877. The van der Waals surface area contributed by atoms with Crippen LogP contribution in [0.25, 0.3) is 0 Å². The Morgan fingerprint density at radius 3 is 2.65 bits per heavy atom. The van der Waals surface area contributed by atoms with Gasteiger partial charge >= 0.3 is 5.97 Å². The summed E-state index contributed by atoms with van der Waals surface area (Å²) in [4.78, 5) is 10.9. The van der Waals surface area contributed by atoms with Crippen molar-refractivity contribution in [3.63, 3.8) is 0 Å². The predicted molar refractivity (Wildman–Crippen MR) is 60.9 cm³/mol. The molecule has 1 N–H and O–H groups in total. The molecule has 0 amide bonds. The van der Waals surface area contributed by atoms with E-state index in [-0.39, 0.29) is 12.2 Å². The molecule has 92 valence electrons. The molecule has 1 aliphatic rings. The van der Waals surface area contributed by atoms with E-state index in [1.54, 1.807) is 6.92 Å². The monoisotopic (exact) mass is 238 g/mol. The second-order valence-corrected chi connectivity index (χ2v) is 4.68. The van der Waals surface area contributed by atoms with Gasteiger partial charge in [-0.3, -0.25) is 4.79 Å². The third kappa shape index (κ3) is 2.12. The van der Waals surface area contributed by atoms with Crippen LogP contribution in [0.2, 0.25) is 0 Å². The number of methoxy groups -OCH3 is 1. The lowest BCUT2D eigenvalue weighted by Gasteiger charge is -2.18. The predicted octanol–water partition coefficient (Wildman–Crippen LogP) is 2.65. The summed E-state index contributed by atoms with van der Waals surface area (Å²) in [6.07, 6.45) is 1.59. The first-order valence-corrected chi connectivity index (χ1v) is 5.55. The van der Waals surface area contributed by atoms with Crippen LogP contribution in [0.4, 0.5) is 4.39 Å². The highest BCUT2D eigenvalue weighted by Gasteiger charge is 2.48. The summed E-state index contributed by atoms with van der Waals surface area (Å²) in [5.41, 5.74) is 1.05. The fourth-order valence-corrected chi connectivity index (χ4v) is 2.31. The van der Waals surface area contributed by atoms with Crippen molar-refractivity contribution in [2.45, 2.75) is 31.6 Å². The van der Waals surface area contributed by atoms with Gasteiger partial charge in [0.25, 0.3) is 0 Å². The smallest absolute Gasteiger partial charge is 0.304 e. The van der Waals surface area contributed by atoms with Gasteiger partial charge in [-0.1, -0.05) is 6.07 Å². The van der Waals surface area contributed by atoms with Crippen LogP contribution in [-0.4, -0.2) is 18.2 Å². The number of ether oxygens (including phenoxy) is 1. The van der Waals surface area contributed by atoms with Gasteiger partial charge < -0.3 is 9.84 Å². The number of carboxylic acid groups (broad SMARTS) is 1. The van der Waals surface area contributed by atoms with Crippen molar-refractivity contribution < 1.29 is 19.0 Å². The fourth-order valence-electron chi connectivity index (χ4n) is 2.31. The van der Waals surface area contributed by atoms with E-state index >= 15 is 0 Å². The van der Waals surface area contributed by atoms with Crippen LogP contribution in [-0.2, 0) is 10.2 Å². The Bertz CT molecular complexity index is 464. The molecule has 1 aliphatic carbocycles. The third-order valence-electron chi connectivity index (χ3n) is 3.31. The maximum absolute atomic E-state index is 13.7. The minimum atomic E-state index is -0.855. The highest BCUT2D eigenvalue weighted by Crippen LogP contribution is 2.54. The van der Waals surface area contributed by atoms with Crippen LogP contribution in [0.1, 0.15) is 30.4 Å². The van der Waals surface area contributed by atoms with Crippen molar-refractivity contribution >= 4 is 5.97 Å². The Balaban J connectivity index is 2.47. The van der Waals surface area contributed by atoms with E-state index in [4.69, 9.17) is 9.84 Å². The molecule has 0 atom stereocenters. The fraction of sp³-hybridized carbons (Fsp3) is 0.462. The standard InChI is InChI=1S/C13H15FO3/c1-8-5-9(12(17-2)10(14)6-8)13(3-4-13)7-11(15)16/h5-6H,3-4,7H2,1-2H3,(H,15,16). The Morgan fingerprint density at radius 2 is 2.18 bits per heavy atom. The van der Waals surface area contributed by atoms with E-state index in [2.05, 4.69) is 0 Å². The minimum absolute atomic E-state index is 0.0340. The molecule has 3 nitrogen and oxygen atoms in total. The van der Waals surface area contributed by atoms with Crippen molar-refractivity contribution in [2.24, 2.45) is 0 Å². The first kappa shape index (κ1) is 11.9. The molecule has 0 saturated heterocycles. The summed E-state index contributed by atoms with van der Waals surface area (Å²) in [5.74, 6) is -1.08. The Hall–Kier alpha value is -1.58. The first-order chi connectivity index (χ1) is 7.98. The first-order valence-electron chi connectivity index (χ1n) is 5.55. The van der Waals surface area contributed by atoms with Gasteiger partial charge in [0.1, 0.15) is 0 Å². The van der Waals surface area contributed by atoms with Crippen LogP contribution in [0.3, 0.4) is 0 Å². The number of aliphatic carboxylic acids is 1. The summed E-state index contributed by atoms with van der Waals surface area (Å²) in [7, 11) is 1.41. The molecule has 1 saturated carbocycles. The number of halogens is 1. The molecule has 2 rings (SSSR count). The van der Waals surface area contributed by atoms with Crippen molar-refractivity contribution in [1.82, 2.24) is 0 Å². The third-order valence-corrected chi connectivity index (χ3v) is 3.31. The SMILES string of the molecule is COc1c(F)cc(C)cc1C1(CC(=O)O)CC1. The Labute approximate surface area is 99.2 Å². The second-order valence-electron chi connectivity index (χ2n) is 4.68. The highest BCUT2D eigenvalue weighted by atomic mass is 19.1. The van der Waals surface area contributed by atoms with Crippen molar-refractivity contribution in [2.75, 3.05) is 7.11 Å². The van der Waals surface area contributed by atoms with E-state index in [9.17, 15) is 9.18 Å². The lowest BCUT2D eigenvalue weighted by molar-refractivity contribution is -0.137. The summed E-state index contributed by atoms with van der Waals surface area (Å²) in [5, 5.41) is 8.92. The van der Waals surface area contributed by atoms with Crippen LogP contribution in [0.5, 0.6) is 5.75 Å². The summed E-state index contributed by atoms with van der Waals surface area (Å²) in [6, 6.07) is 3.23. The zero-order valence-electron chi connectivity index (χ0n) is 9.92. The average molecular weight is 238 g/mol. The largest absolute Gasteiger partial charge is 0.493 e. The van der Waals surface area contributed by atoms with Gasteiger partial charge in [0.2, 0.25) is 0 Å². The molecule has 0 spiro atoms. The molecule has 1 fully saturated rings. The highest BCUT2D eigenvalue weighted by molar-refractivity contribution is 5.70. The number of aryl methyl sites for hydroxylation is 1. The lowest BCUT2D eigenvalue weighted by atomic mass is 9.90. The Kier molecular flexibility index (Phi) is 2.81. The average Bonchev–Trinajstić information content (AvgIpc) is 2.96. The topological polar surface area (TPSA) is 46.5 Å². The van der Waals surface area contributed by atoms with E-state index in [1.165, 1.54) is 13.2 Å². The van der Waals surface area contributed by atoms with Crippen LogP contribution in [0, 0.1) is 12.7 Å². The second kappa shape index (κ2) is 4.02. The maximum Gasteiger partial charge on any atom is 0.304 e. The zero-order valence-corrected chi connectivity index (χ0v) is 9.92. The van der Waals surface area contributed by atoms with Crippen LogP contribution < -0.4 is 4.74 Å². The molecule has 1 aromatic carbocycles. The number of hydrogen-bond donors (Lipinski definition) is 1. The minimum Gasteiger partial charge on any atom is -0.493 e. The summed E-state index contributed by atoms with van der Waals surface area (Å²) < 4.78 is 18.8. The molecule has 0 unspecified atom stereocenters. The van der Waals surface area contributed by atoms with Gasteiger partial charge in [-0.15, -0.1) is 0 Å². The normalized spacial score (nSPS) is 16.6. The molecular formula is C13H15FO3. The summed E-state index contributed by atoms with van der Waals surface area (Å²) >= 11 is 0. The number of carboxylic acids is 1. The number of rotatable bonds is 4. The van der Waals surface area contributed by atoms with Gasteiger partial charge in [-0.05, 0) is 31.4 Å². The van der Waals surface area contributed by atoms with Crippen LogP contribution in [0.15, 0.2) is 12.1 Å². The van der Waals surface area contributed by atoms with Crippen molar-refractivity contribution in [3.8, 4) is 5.75 Å². The molecular weight excluding hydrogens is 223 g/mol. The molecule has 0 heterocycles. The lowest BCUT2D eigenvalue weighted by Crippen LogP contribution is -2.15. The molecule has 0 bridgehead atoms. The van der Waals surface area contributed by atoms with E-state index in [0.717, 1.165) is 18.4 Å². The maximum atomic E-state index is 13.7. The summed E-state index contributed by atoms with van der Waals surface area (Å²) in [6.45, 7) is 1.79. The van der Waals surface area contributed by atoms with Gasteiger partial charge in [-0.2, -0.15) is 0 Å². The molecule has 1 aromatic rings. The van der Waals surface area contributed by atoms with Crippen molar-refractivity contribution in [1.29, 1.82) is 0 Å². The molecule has 4 heteroatoms. The van der Waals surface area contributed by atoms with Crippen LogP contribution >= 0.6 is 0 Å². The van der Waals surface area contributed by atoms with E-state index in [1.807, 2.05) is 6.07 Å². The molecule has 0 aromatic heterocycles. The number of carbonyl (C=O) groups is 1. The molecule has 17 heavy (non-hydrogen) atoms. The number of benzene rings is 1. The van der Waals surface area contributed by atoms with Gasteiger partial charge in [0.05, 0.1) is 13.5 Å². The van der Waals surface area contributed by atoms with Gasteiger partial charge in [-0.25, -0.2) is 4.39 Å². The molecule has 0 radical (unpaired) electrons. The number of hydrogen-bond acceptors (Lipinski definition) is 2. The molecule has 0 aliphatic heterocycles. The van der Waals surface area contributed by atoms with Crippen molar-refractivity contribution in [3.05, 3.63) is 29.1 Å². The Morgan fingerprint density at radius 1 is 1.53 bits per heavy atom. The van der Waals surface area contributed by atoms with Gasteiger partial charge in [0, 0.05) is 11.0 Å². The zero-order chi connectivity index (χ0) is 12.6. The van der Waals surface area contributed by atoms with E-state index in [0.29, 0.717) is 5.56 Å².